The zero-order valence-electron chi connectivity index (χ0n) is 10.6. The van der Waals surface area contributed by atoms with E-state index < -0.39 is 0 Å². The average Bonchev–Trinajstić information content (AvgIpc) is 2.80. The molecule has 0 N–H and O–H groups in total. The summed E-state index contributed by atoms with van der Waals surface area (Å²) in [6.45, 7) is 2.93. The maximum absolute atomic E-state index is 5.72. The van der Waals surface area contributed by atoms with Gasteiger partial charge < -0.3 is 9.64 Å². The van der Waals surface area contributed by atoms with Crippen LogP contribution in [0.25, 0.3) is 0 Å². The number of nitrogens with zero attached hydrogens (tertiary/aromatic N) is 2. The molecule has 0 amide bonds. The molecule has 0 radical (unpaired) electrons. The third-order valence-corrected chi connectivity index (χ3v) is 3.83. The van der Waals surface area contributed by atoms with Crippen LogP contribution in [-0.2, 0) is 17.0 Å². The largest absolute Gasteiger partial charge is 0.383 e. The van der Waals surface area contributed by atoms with Crippen LogP contribution in [0.2, 0.25) is 0 Å². The van der Waals surface area contributed by atoms with Gasteiger partial charge in [0.05, 0.1) is 23.2 Å². The minimum atomic E-state index is 0.524. The van der Waals surface area contributed by atoms with Crippen LogP contribution in [0.15, 0.2) is 5.38 Å². The van der Waals surface area contributed by atoms with Crippen LogP contribution in [0.3, 0.4) is 0 Å². The Labute approximate surface area is 113 Å². The van der Waals surface area contributed by atoms with Crippen LogP contribution in [0.5, 0.6) is 0 Å². The lowest BCUT2D eigenvalue weighted by atomic mass is 10.2. The van der Waals surface area contributed by atoms with Crippen molar-refractivity contribution in [3.05, 3.63) is 16.1 Å². The number of rotatable bonds is 9. The summed E-state index contributed by atoms with van der Waals surface area (Å²) in [6, 6.07) is 0. The Morgan fingerprint density at radius 2 is 2.24 bits per heavy atom. The number of methoxy groups -OCH3 is 1. The van der Waals surface area contributed by atoms with E-state index in [1.807, 2.05) is 5.38 Å². The smallest absolute Gasteiger partial charge is 0.0928 e. The highest BCUT2D eigenvalue weighted by Crippen LogP contribution is 2.14. The van der Waals surface area contributed by atoms with Gasteiger partial charge in [0.1, 0.15) is 0 Å². The third-order valence-electron chi connectivity index (χ3n) is 2.59. The summed E-state index contributed by atoms with van der Waals surface area (Å²) in [7, 11) is 3.87. The quantitative estimate of drug-likeness (QED) is 0.512. The number of thiazole rings is 1. The predicted octanol–water partition coefficient (Wildman–Crippen LogP) is 2.78. The van der Waals surface area contributed by atoms with Crippen molar-refractivity contribution in [1.82, 2.24) is 9.88 Å². The predicted molar refractivity (Wildman–Crippen MR) is 74.0 cm³/mol. The van der Waals surface area contributed by atoms with Gasteiger partial charge in [-0.25, -0.2) is 4.98 Å². The molecule has 0 spiro atoms. The van der Waals surface area contributed by atoms with Crippen LogP contribution in [0.1, 0.15) is 23.5 Å². The van der Waals surface area contributed by atoms with Crippen molar-refractivity contribution in [2.24, 2.45) is 0 Å². The summed E-state index contributed by atoms with van der Waals surface area (Å²) >= 11 is 7.43. The number of halogens is 1. The van der Waals surface area contributed by atoms with Crippen molar-refractivity contribution in [3.63, 3.8) is 0 Å². The van der Waals surface area contributed by atoms with E-state index >= 15 is 0 Å². The van der Waals surface area contributed by atoms with E-state index in [2.05, 4.69) is 16.9 Å². The molecule has 17 heavy (non-hydrogen) atoms. The number of hydrogen-bond donors (Lipinski definition) is 0. The summed E-state index contributed by atoms with van der Waals surface area (Å²) in [5, 5.41) is 3.26. The summed E-state index contributed by atoms with van der Waals surface area (Å²) in [5.41, 5.74) is 1.00. The van der Waals surface area contributed by atoms with E-state index in [9.17, 15) is 0 Å². The molecule has 0 aliphatic rings. The lowest BCUT2D eigenvalue weighted by molar-refractivity contribution is 0.160. The molecule has 0 saturated heterocycles. The van der Waals surface area contributed by atoms with Crippen LogP contribution in [0.4, 0.5) is 0 Å². The minimum absolute atomic E-state index is 0.524. The molecule has 0 bridgehead atoms. The first kappa shape index (κ1) is 14.9. The topological polar surface area (TPSA) is 25.4 Å². The lowest BCUT2D eigenvalue weighted by Crippen LogP contribution is -2.23. The van der Waals surface area contributed by atoms with E-state index in [4.69, 9.17) is 16.3 Å². The first-order chi connectivity index (χ1) is 8.26. The van der Waals surface area contributed by atoms with Gasteiger partial charge in [0.15, 0.2) is 0 Å². The molecule has 1 heterocycles. The van der Waals surface area contributed by atoms with Gasteiger partial charge in [0, 0.05) is 19.0 Å². The van der Waals surface area contributed by atoms with E-state index in [-0.39, 0.29) is 0 Å². The minimum Gasteiger partial charge on any atom is -0.383 e. The molecule has 0 aromatic carbocycles. The first-order valence-electron chi connectivity index (χ1n) is 5.93. The standard InChI is InChI=1S/C12H21ClN2OS/c1-15(7-8-16-2)6-4-3-5-12-14-11(9-13)10-17-12/h10H,3-9H2,1-2H3. The second-order valence-corrected chi connectivity index (χ2v) is 5.33. The molecule has 1 rings (SSSR count). The Hall–Kier alpha value is -0.160. The van der Waals surface area contributed by atoms with Crippen molar-refractivity contribution in [2.75, 3.05) is 33.9 Å². The molecule has 5 heteroatoms. The maximum Gasteiger partial charge on any atom is 0.0928 e. The van der Waals surface area contributed by atoms with Crippen molar-refractivity contribution in [2.45, 2.75) is 25.1 Å². The average molecular weight is 277 g/mol. The highest BCUT2D eigenvalue weighted by atomic mass is 35.5. The van der Waals surface area contributed by atoms with Crippen LogP contribution < -0.4 is 0 Å². The summed E-state index contributed by atoms with van der Waals surface area (Å²) in [6.07, 6.45) is 3.46. The van der Waals surface area contributed by atoms with E-state index in [1.54, 1.807) is 18.4 Å². The fourth-order valence-corrected chi connectivity index (χ4v) is 2.61. The van der Waals surface area contributed by atoms with Crippen molar-refractivity contribution < 1.29 is 4.74 Å². The zero-order chi connectivity index (χ0) is 12.5. The van der Waals surface area contributed by atoms with Gasteiger partial charge >= 0.3 is 0 Å². The molecular weight excluding hydrogens is 256 g/mol. The van der Waals surface area contributed by atoms with Gasteiger partial charge in [-0.05, 0) is 32.9 Å². The van der Waals surface area contributed by atoms with Gasteiger partial charge in [0.2, 0.25) is 0 Å². The van der Waals surface area contributed by atoms with E-state index in [0.717, 1.165) is 31.8 Å². The van der Waals surface area contributed by atoms with Gasteiger partial charge in [-0.1, -0.05) is 0 Å². The second-order valence-electron chi connectivity index (χ2n) is 4.12. The van der Waals surface area contributed by atoms with Crippen LogP contribution in [-0.4, -0.2) is 43.7 Å². The Morgan fingerprint density at radius 1 is 1.41 bits per heavy atom. The molecule has 0 unspecified atom stereocenters. The Morgan fingerprint density at radius 3 is 2.88 bits per heavy atom. The van der Waals surface area contributed by atoms with Crippen molar-refractivity contribution >= 4 is 22.9 Å². The lowest BCUT2D eigenvalue weighted by Gasteiger charge is -2.15. The fraction of sp³-hybridized carbons (Fsp3) is 0.750. The van der Waals surface area contributed by atoms with Crippen molar-refractivity contribution in [3.8, 4) is 0 Å². The highest BCUT2D eigenvalue weighted by molar-refractivity contribution is 7.09. The first-order valence-corrected chi connectivity index (χ1v) is 7.34. The SMILES string of the molecule is COCCN(C)CCCCc1nc(CCl)cs1. The highest BCUT2D eigenvalue weighted by Gasteiger charge is 2.02. The van der Waals surface area contributed by atoms with Gasteiger partial charge in [-0.3, -0.25) is 0 Å². The van der Waals surface area contributed by atoms with E-state index in [1.165, 1.54) is 17.8 Å². The zero-order valence-corrected chi connectivity index (χ0v) is 12.2. The summed E-state index contributed by atoms with van der Waals surface area (Å²) in [4.78, 5) is 6.75. The molecule has 0 aliphatic carbocycles. The Balaban J connectivity index is 2.07. The Bertz CT molecular complexity index is 306. The number of hydrogen-bond acceptors (Lipinski definition) is 4. The fourth-order valence-electron chi connectivity index (χ4n) is 1.54. The monoisotopic (exact) mass is 276 g/mol. The molecule has 98 valence electrons. The second kappa shape index (κ2) is 8.86. The van der Waals surface area contributed by atoms with Crippen molar-refractivity contribution in [1.29, 1.82) is 0 Å². The summed E-state index contributed by atoms with van der Waals surface area (Å²) < 4.78 is 5.04. The van der Waals surface area contributed by atoms with Crippen LogP contribution in [0, 0.1) is 0 Å². The molecule has 1 aromatic heterocycles. The normalized spacial score (nSPS) is 11.3. The number of aryl methyl sites for hydroxylation is 1. The van der Waals surface area contributed by atoms with E-state index in [0.29, 0.717) is 5.88 Å². The van der Waals surface area contributed by atoms with Crippen LogP contribution >= 0.6 is 22.9 Å². The Kier molecular flexibility index (Phi) is 7.77. The molecular formula is C12H21ClN2OS. The molecule has 0 aliphatic heterocycles. The number of alkyl halides is 1. The molecule has 0 saturated carbocycles. The summed E-state index contributed by atoms with van der Waals surface area (Å²) in [5.74, 6) is 0.524. The third kappa shape index (κ3) is 6.36. The van der Waals surface area contributed by atoms with Gasteiger partial charge in [-0.15, -0.1) is 22.9 Å². The van der Waals surface area contributed by atoms with Gasteiger partial charge in [0.25, 0.3) is 0 Å². The number of unbranched alkanes of at least 4 members (excludes halogenated alkanes) is 1. The maximum atomic E-state index is 5.72. The van der Waals surface area contributed by atoms with Gasteiger partial charge in [-0.2, -0.15) is 0 Å². The molecule has 1 aromatic rings. The number of likely N-dealkylation sites (N-methyl/N-ethyl adjacent to an activating group) is 1. The molecule has 3 nitrogen and oxygen atoms in total. The number of ether oxygens (including phenoxy) is 1. The molecule has 0 atom stereocenters. The number of aromatic nitrogens is 1. The molecule has 0 fully saturated rings.